The minimum Gasteiger partial charge on any atom is -0.478 e. The number of carboxylic acids is 1. The van der Waals surface area contributed by atoms with E-state index in [1.807, 2.05) is 6.92 Å². The highest BCUT2D eigenvalue weighted by atomic mass is 19.4. The van der Waals surface area contributed by atoms with Gasteiger partial charge in [-0.25, -0.2) is 9.78 Å². The van der Waals surface area contributed by atoms with Crippen LogP contribution in [0.4, 0.5) is 19.0 Å². The summed E-state index contributed by atoms with van der Waals surface area (Å²) in [6.07, 6.45) is -1.17. The number of carbonyl (C=O) groups is 1. The van der Waals surface area contributed by atoms with Gasteiger partial charge in [-0.05, 0) is 37.8 Å². The van der Waals surface area contributed by atoms with Crippen LogP contribution in [0.3, 0.4) is 0 Å². The fourth-order valence-electron chi connectivity index (χ4n) is 2.70. The third-order valence-corrected chi connectivity index (χ3v) is 3.77. The maximum atomic E-state index is 12.8. The number of carboxylic acid groups (broad SMARTS) is 1. The highest BCUT2D eigenvalue weighted by Crippen LogP contribution is 2.33. The van der Waals surface area contributed by atoms with Gasteiger partial charge in [-0.3, -0.25) is 0 Å². The van der Waals surface area contributed by atoms with Crippen molar-refractivity contribution in [2.45, 2.75) is 44.8 Å². The zero-order valence-electron chi connectivity index (χ0n) is 11.7. The van der Waals surface area contributed by atoms with Gasteiger partial charge >= 0.3 is 12.1 Å². The van der Waals surface area contributed by atoms with Crippen molar-refractivity contribution >= 4 is 11.8 Å². The van der Waals surface area contributed by atoms with Crippen LogP contribution in [0.5, 0.6) is 0 Å². The average molecular weight is 302 g/mol. The molecular weight excluding hydrogens is 285 g/mol. The summed E-state index contributed by atoms with van der Waals surface area (Å²) in [7, 11) is 0. The van der Waals surface area contributed by atoms with Crippen LogP contribution in [0.1, 0.15) is 48.7 Å². The summed E-state index contributed by atoms with van der Waals surface area (Å²) in [4.78, 5) is 16.6. The van der Waals surface area contributed by atoms with Crippen molar-refractivity contribution < 1.29 is 23.1 Å². The number of alkyl halides is 3. The van der Waals surface area contributed by atoms with Gasteiger partial charge in [0.2, 0.25) is 0 Å². The lowest BCUT2D eigenvalue weighted by molar-refractivity contribution is -0.141. The van der Waals surface area contributed by atoms with Crippen molar-refractivity contribution in [3.63, 3.8) is 0 Å². The van der Waals surface area contributed by atoms with Gasteiger partial charge in [0.05, 0.1) is 0 Å². The number of rotatable bonds is 3. The van der Waals surface area contributed by atoms with E-state index in [2.05, 4.69) is 4.98 Å². The molecule has 1 aromatic heterocycles. The second kappa shape index (κ2) is 5.91. The molecular formula is C14H17F3N2O2. The summed E-state index contributed by atoms with van der Waals surface area (Å²) in [5.74, 6) is -1.32. The van der Waals surface area contributed by atoms with Gasteiger partial charge in [0.1, 0.15) is 17.1 Å². The van der Waals surface area contributed by atoms with E-state index in [0.29, 0.717) is 6.54 Å². The number of pyridine rings is 1. The molecule has 1 aliphatic heterocycles. The van der Waals surface area contributed by atoms with E-state index in [4.69, 9.17) is 0 Å². The van der Waals surface area contributed by atoms with Crippen molar-refractivity contribution in [3.8, 4) is 0 Å². The molecule has 0 amide bonds. The smallest absolute Gasteiger partial charge is 0.433 e. The molecule has 0 radical (unpaired) electrons. The fraction of sp³-hybridized carbons (Fsp3) is 0.571. The normalized spacial score (nSPS) is 19.6. The maximum absolute atomic E-state index is 12.8. The Labute approximate surface area is 120 Å². The van der Waals surface area contributed by atoms with Gasteiger partial charge in [0, 0.05) is 12.6 Å². The molecule has 1 aliphatic rings. The largest absolute Gasteiger partial charge is 0.478 e. The van der Waals surface area contributed by atoms with Crippen LogP contribution in [0, 0.1) is 0 Å². The van der Waals surface area contributed by atoms with E-state index in [-0.39, 0.29) is 17.4 Å². The molecule has 2 rings (SSSR count). The van der Waals surface area contributed by atoms with Crippen LogP contribution in [0.15, 0.2) is 12.1 Å². The SMILES string of the molecule is CCC1CCCCN1c1nc(C(F)(F)F)ccc1C(=O)O. The molecule has 0 aromatic carbocycles. The van der Waals surface area contributed by atoms with Crippen LogP contribution in [0.25, 0.3) is 0 Å². The summed E-state index contributed by atoms with van der Waals surface area (Å²) < 4.78 is 38.5. The van der Waals surface area contributed by atoms with Gasteiger partial charge in [-0.2, -0.15) is 13.2 Å². The molecule has 1 saturated heterocycles. The molecule has 21 heavy (non-hydrogen) atoms. The zero-order chi connectivity index (χ0) is 15.6. The second-order valence-corrected chi connectivity index (χ2v) is 5.12. The molecule has 0 aliphatic carbocycles. The van der Waals surface area contributed by atoms with E-state index >= 15 is 0 Å². The maximum Gasteiger partial charge on any atom is 0.433 e. The second-order valence-electron chi connectivity index (χ2n) is 5.12. The third-order valence-electron chi connectivity index (χ3n) is 3.77. The van der Waals surface area contributed by atoms with Crippen LogP contribution in [-0.2, 0) is 6.18 Å². The lowest BCUT2D eigenvalue weighted by Crippen LogP contribution is -2.40. The molecule has 4 nitrogen and oxygen atoms in total. The Morgan fingerprint density at radius 3 is 2.71 bits per heavy atom. The van der Waals surface area contributed by atoms with E-state index < -0.39 is 17.8 Å². The Morgan fingerprint density at radius 2 is 2.14 bits per heavy atom. The first-order chi connectivity index (χ1) is 9.84. The summed E-state index contributed by atoms with van der Waals surface area (Å²) in [5, 5.41) is 9.20. The highest BCUT2D eigenvalue weighted by molar-refractivity contribution is 5.93. The van der Waals surface area contributed by atoms with E-state index in [9.17, 15) is 23.1 Å². The Bertz CT molecular complexity index is 531. The van der Waals surface area contributed by atoms with E-state index in [1.165, 1.54) is 0 Å². The number of hydrogen-bond donors (Lipinski definition) is 1. The molecule has 7 heteroatoms. The van der Waals surface area contributed by atoms with Gasteiger partial charge in [-0.1, -0.05) is 6.92 Å². The first-order valence-electron chi connectivity index (χ1n) is 6.92. The Hall–Kier alpha value is -1.79. The number of nitrogens with zero attached hydrogens (tertiary/aromatic N) is 2. The lowest BCUT2D eigenvalue weighted by atomic mass is 9.99. The van der Waals surface area contributed by atoms with Gasteiger partial charge < -0.3 is 10.0 Å². The van der Waals surface area contributed by atoms with E-state index in [0.717, 1.165) is 37.8 Å². The molecule has 1 N–H and O–H groups in total. The molecule has 0 saturated carbocycles. The minimum absolute atomic E-state index is 0.0350. The topological polar surface area (TPSA) is 53.4 Å². The average Bonchev–Trinajstić information content (AvgIpc) is 2.45. The lowest BCUT2D eigenvalue weighted by Gasteiger charge is -2.37. The Morgan fingerprint density at radius 1 is 1.43 bits per heavy atom. The van der Waals surface area contributed by atoms with E-state index in [1.54, 1.807) is 4.90 Å². The Balaban J connectivity index is 2.49. The van der Waals surface area contributed by atoms with Crippen LogP contribution < -0.4 is 4.90 Å². The number of halogens is 3. The molecule has 0 spiro atoms. The standard InChI is InChI=1S/C14H17F3N2O2/c1-2-9-5-3-4-8-19(9)12-10(13(20)21)6-7-11(18-12)14(15,16)17/h6-7,9H,2-5,8H2,1H3,(H,20,21). The first kappa shape index (κ1) is 15.6. The number of aromatic nitrogens is 1. The molecule has 116 valence electrons. The summed E-state index contributed by atoms with van der Waals surface area (Å²) in [6, 6.07) is 1.75. The summed E-state index contributed by atoms with van der Waals surface area (Å²) in [6.45, 7) is 2.48. The van der Waals surface area contributed by atoms with Crippen molar-refractivity contribution in [3.05, 3.63) is 23.4 Å². The van der Waals surface area contributed by atoms with Crippen LogP contribution in [-0.4, -0.2) is 28.6 Å². The Kier molecular flexibility index (Phi) is 4.39. The monoisotopic (exact) mass is 302 g/mol. The number of aromatic carboxylic acids is 1. The van der Waals surface area contributed by atoms with Crippen LogP contribution >= 0.6 is 0 Å². The van der Waals surface area contributed by atoms with Crippen LogP contribution in [0.2, 0.25) is 0 Å². The molecule has 1 aromatic rings. The van der Waals surface area contributed by atoms with Crippen molar-refractivity contribution in [2.24, 2.45) is 0 Å². The number of piperidine rings is 1. The van der Waals surface area contributed by atoms with Gasteiger partial charge in [0.15, 0.2) is 0 Å². The molecule has 2 heterocycles. The van der Waals surface area contributed by atoms with Crippen molar-refractivity contribution in [1.29, 1.82) is 0 Å². The predicted molar refractivity (Wildman–Crippen MR) is 71.5 cm³/mol. The quantitative estimate of drug-likeness (QED) is 0.927. The predicted octanol–water partition coefficient (Wildman–Crippen LogP) is 3.57. The highest BCUT2D eigenvalue weighted by Gasteiger charge is 2.35. The summed E-state index contributed by atoms with van der Waals surface area (Å²) >= 11 is 0. The molecule has 1 atom stereocenters. The van der Waals surface area contributed by atoms with Gasteiger partial charge in [0.25, 0.3) is 0 Å². The fourth-order valence-corrected chi connectivity index (χ4v) is 2.70. The summed E-state index contributed by atoms with van der Waals surface area (Å²) in [5.41, 5.74) is -1.23. The minimum atomic E-state index is -4.58. The molecule has 1 unspecified atom stereocenters. The molecule has 1 fully saturated rings. The number of hydrogen-bond acceptors (Lipinski definition) is 3. The zero-order valence-corrected chi connectivity index (χ0v) is 11.7. The number of anilines is 1. The first-order valence-corrected chi connectivity index (χ1v) is 6.92. The van der Waals surface area contributed by atoms with Gasteiger partial charge in [-0.15, -0.1) is 0 Å². The van der Waals surface area contributed by atoms with Crippen molar-refractivity contribution in [2.75, 3.05) is 11.4 Å². The van der Waals surface area contributed by atoms with Crippen molar-refractivity contribution in [1.82, 2.24) is 4.98 Å². The molecule has 0 bridgehead atoms. The third kappa shape index (κ3) is 3.28.